The zero-order valence-corrected chi connectivity index (χ0v) is 13.9. The first-order chi connectivity index (χ1) is 12.0. The molecule has 2 amide bonds. The van der Waals surface area contributed by atoms with Gasteiger partial charge in [-0.2, -0.15) is 5.10 Å². The van der Waals surface area contributed by atoms with Gasteiger partial charge in [0.1, 0.15) is 5.82 Å². The largest absolute Gasteiger partial charge is 0.312 e. The van der Waals surface area contributed by atoms with Gasteiger partial charge in [0.2, 0.25) is 11.8 Å². The van der Waals surface area contributed by atoms with E-state index in [4.69, 9.17) is 11.6 Å². The van der Waals surface area contributed by atoms with Gasteiger partial charge in [0, 0.05) is 23.7 Å². The molecule has 1 N–H and O–H groups in total. The van der Waals surface area contributed by atoms with E-state index < -0.39 is 5.92 Å². The monoisotopic (exact) mass is 359 g/mol. The summed E-state index contributed by atoms with van der Waals surface area (Å²) in [6, 6.07) is 12.6. The molecule has 1 aliphatic rings. The highest BCUT2D eigenvalue weighted by molar-refractivity contribution is 6.30. The molecule has 0 bridgehead atoms. The van der Waals surface area contributed by atoms with Crippen molar-refractivity contribution in [2.45, 2.75) is 6.42 Å². The summed E-state index contributed by atoms with van der Waals surface area (Å²) in [6.45, 7) is 0.290. The van der Waals surface area contributed by atoms with E-state index in [2.05, 4.69) is 10.5 Å². The Hall–Kier alpha value is -2.73. The number of hydrogen-bond donors (Lipinski definition) is 1. The molecule has 2 aromatic carbocycles. The first-order valence-electron chi connectivity index (χ1n) is 7.67. The summed E-state index contributed by atoms with van der Waals surface area (Å²) >= 11 is 5.85. The van der Waals surface area contributed by atoms with E-state index in [1.54, 1.807) is 41.3 Å². The van der Waals surface area contributed by atoms with E-state index in [1.165, 1.54) is 18.3 Å². The van der Waals surface area contributed by atoms with Gasteiger partial charge in [-0.15, -0.1) is 0 Å². The lowest BCUT2D eigenvalue weighted by Gasteiger charge is -2.16. The van der Waals surface area contributed by atoms with Crippen LogP contribution in [-0.4, -0.2) is 24.6 Å². The Morgan fingerprint density at radius 3 is 2.56 bits per heavy atom. The van der Waals surface area contributed by atoms with Gasteiger partial charge in [0.15, 0.2) is 0 Å². The van der Waals surface area contributed by atoms with Crippen LogP contribution in [0, 0.1) is 11.7 Å². The normalized spacial score (nSPS) is 17.3. The standard InChI is InChI=1S/C18H15ClFN3O2/c19-14-3-7-16(8-4-14)23-11-13(9-17(23)24)18(25)22-21-10-12-1-5-15(20)6-2-12/h1-8,10,13H,9,11H2,(H,22,25)/t13-/m1/s1. The smallest absolute Gasteiger partial charge is 0.245 e. The first-order valence-corrected chi connectivity index (χ1v) is 8.05. The van der Waals surface area contributed by atoms with Crippen LogP contribution < -0.4 is 10.3 Å². The summed E-state index contributed by atoms with van der Waals surface area (Å²) in [4.78, 5) is 25.9. The van der Waals surface area contributed by atoms with Crippen molar-refractivity contribution in [3.05, 3.63) is 64.9 Å². The zero-order chi connectivity index (χ0) is 17.8. The van der Waals surface area contributed by atoms with E-state index >= 15 is 0 Å². The molecule has 1 heterocycles. The number of halogens is 2. The summed E-state index contributed by atoms with van der Waals surface area (Å²) < 4.78 is 12.8. The molecule has 1 aliphatic heterocycles. The fraction of sp³-hybridized carbons (Fsp3) is 0.167. The zero-order valence-electron chi connectivity index (χ0n) is 13.2. The van der Waals surface area contributed by atoms with E-state index in [1.807, 2.05) is 0 Å². The maximum absolute atomic E-state index is 12.8. The molecule has 7 heteroatoms. The number of rotatable bonds is 4. The number of amides is 2. The van der Waals surface area contributed by atoms with Gasteiger partial charge in [0.05, 0.1) is 12.1 Å². The second-order valence-corrected chi connectivity index (χ2v) is 6.10. The van der Waals surface area contributed by atoms with Crippen LogP contribution in [0.2, 0.25) is 5.02 Å². The van der Waals surface area contributed by atoms with Gasteiger partial charge in [-0.1, -0.05) is 23.7 Å². The number of carbonyl (C=O) groups excluding carboxylic acids is 2. The van der Waals surface area contributed by atoms with Gasteiger partial charge >= 0.3 is 0 Å². The number of benzene rings is 2. The van der Waals surface area contributed by atoms with Crippen molar-refractivity contribution in [3.63, 3.8) is 0 Å². The molecule has 0 saturated carbocycles. The summed E-state index contributed by atoms with van der Waals surface area (Å²) in [5.41, 5.74) is 3.79. The van der Waals surface area contributed by atoms with Crippen LogP contribution in [0.5, 0.6) is 0 Å². The van der Waals surface area contributed by atoms with Crippen molar-refractivity contribution in [2.75, 3.05) is 11.4 Å². The predicted octanol–water partition coefficient (Wildman–Crippen LogP) is 2.98. The number of carbonyl (C=O) groups is 2. The minimum Gasteiger partial charge on any atom is -0.312 e. The fourth-order valence-corrected chi connectivity index (χ4v) is 2.69. The van der Waals surface area contributed by atoms with Crippen molar-refractivity contribution in [3.8, 4) is 0 Å². The van der Waals surface area contributed by atoms with Gasteiger partial charge < -0.3 is 4.90 Å². The minimum absolute atomic E-state index is 0.120. The highest BCUT2D eigenvalue weighted by Crippen LogP contribution is 2.26. The van der Waals surface area contributed by atoms with E-state index in [0.717, 1.165) is 0 Å². The highest BCUT2D eigenvalue weighted by Gasteiger charge is 2.35. The molecule has 2 aromatic rings. The van der Waals surface area contributed by atoms with Crippen LogP contribution in [0.15, 0.2) is 53.6 Å². The maximum atomic E-state index is 12.8. The SMILES string of the molecule is O=C(NN=Cc1ccc(F)cc1)[C@@H]1CC(=O)N(c2ccc(Cl)cc2)C1. The Balaban J connectivity index is 1.59. The van der Waals surface area contributed by atoms with Crippen LogP contribution >= 0.6 is 11.6 Å². The second-order valence-electron chi connectivity index (χ2n) is 5.67. The van der Waals surface area contributed by atoms with Gasteiger partial charge in [-0.3, -0.25) is 9.59 Å². The number of nitrogens with one attached hydrogen (secondary N) is 1. The molecule has 3 rings (SSSR count). The predicted molar refractivity (Wildman–Crippen MR) is 94.0 cm³/mol. The maximum Gasteiger partial charge on any atom is 0.245 e. The molecule has 1 atom stereocenters. The van der Waals surface area contributed by atoms with E-state index in [-0.39, 0.29) is 24.1 Å². The molecular formula is C18H15ClFN3O2. The first kappa shape index (κ1) is 17.1. The van der Waals surface area contributed by atoms with Crippen molar-refractivity contribution < 1.29 is 14.0 Å². The third-order valence-electron chi connectivity index (χ3n) is 3.89. The Kier molecular flexibility index (Phi) is 5.09. The minimum atomic E-state index is -0.478. The Morgan fingerprint density at radius 1 is 1.20 bits per heavy atom. The molecule has 0 unspecified atom stereocenters. The molecule has 0 aliphatic carbocycles. The molecular weight excluding hydrogens is 345 g/mol. The van der Waals surface area contributed by atoms with Crippen LogP contribution in [-0.2, 0) is 9.59 Å². The summed E-state index contributed by atoms with van der Waals surface area (Å²) in [6.07, 6.45) is 1.55. The molecule has 5 nitrogen and oxygen atoms in total. The quantitative estimate of drug-likeness (QED) is 0.674. The topological polar surface area (TPSA) is 61.8 Å². The van der Waals surface area contributed by atoms with Crippen LogP contribution in [0.1, 0.15) is 12.0 Å². The molecule has 0 aromatic heterocycles. The van der Waals surface area contributed by atoms with Crippen molar-refractivity contribution in [2.24, 2.45) is 11.0 Å². The molecule has 0 spiro atoms. The highest BCUT2D eigenvalue weighted by atomic mass is 35.5. The van der Waals surface area contributed by atoms with Crippen LogP contribution in [0.4, 0.5) is 10.1 Å². The molecule has 25 heavy (non-hydrogen) atoms. The summed E-state index contributed by atoms with van der Waals surface area (Å²) in [5.74, 6) is -1.27. The lowest BCUT2D eigenvalue weighted by Crippen LogP contribution is -2.30. The van der Waals surface area contributed by atoms with Crippen LogP contribution in [0.3, 0.4) is 0 Å². The van der Waals surface area contributed by atoms with E-state index in [9.17, 15) is 14.0 Å². The second kappa shape index (κ2) is 7.44. The van der Waals surface area contributed by atoms with Gasteiger partial charge in [-0.25, -0.2) is 9.82 Å². The Bertz CT molecular complexity index is 806. The van der Waals surface area contributed by atoms with Crippen molar-refractivity contribution in [1.29, 1.82) is 0 Å². The van der Waals surface area contributed by atoms with Crippen molar-refractivity contribution in [1.82, 2.24) is 5.43 Å². The van der Waals surface area contributed by atoms with Crippen LogP contribution in [0.25, 0.3) is 0 Å². The molecule has 128 valence electrons. The molecule has 1 saturated heterocycles. The molecule has 0 radical (unpaired) electrons. The Labute approximate surface area is 149 Å². The summed E-state index contributed by atoms with van der Waals surface area (Å²) in [5, 5.41) is 4.44. The average molecular weight is 360 g/mol. The fourth-order valence-electron chi connectivity index (χ4n) is 2.56. The van der Waals surface area contributed by atoms with Gasteiger partial charge in [-0.05, 0) is 42.0 Å². The van der Waals surface area contributed by atoms with E-state index in [0.29, 0.717) is 22.8 Å². The molecule has 1 fully saturated rings. The average Bonchev–Trinajstić information content (AvgIpc) is 2.99. The van der Waals surface area contributed by atoms with Crippen molar-refractivity contribution >= 4 is 35.3 Å². The number of anilines is 1. The lowest BCUT2D eigenvalue weighted by molar-refractivity contribution is -0.126. The van der Waals surface area contributed by atoms with Gasteiger partial charge in [0.25, 0.3) is 0 Å². The number of nitrogens with zero attached hydrogens (tertiary/aromatic N) is 2. The summed E-state index contributed by atoms with van der Waals surface area (Å²) in [7, 11) is 0. The third-order valence-corrected chi connectivity index (χ3v) is 4.14. The third kappa shape index (κ3) is 4.22. The lowest BCUT2D eigenvalue weighted by atomic mass is 10.1. The number of hydrogen-bond acceptors (Lipinski definition) is 3. The Morgan fingerprint density at radius 2 is 1.88 bits per heavy atom. The number of hydrazone groups is 1.